The molecule has 0 saturated carbocycles. The van der Waals surface area contributed by atoms with Crippen molar-refractivity contribution in [3.8, 4) is 11.5 Å². The molecule has 3 aromatic rings. The number of methoxy groups -OCH3 is 1. The van der Waals surface area contributed by atoms with Crippen molar-refractivity contribution in [1.82, 2.24) is 10.6 Å². The fourth-order valence-electron chi connectivity index (χ4n) is 4.03. The number of rotatable bonds is 15. The molecule has 0 fully saturated rings. The summed E-state index contributed by atoms with van der Waals surface area (Å²) in [5.74, 6) is 0.600. The molecule has 37 heavy (non-hydrogen) atoms. The van der Waals surface area contributed by atoms with Gasteiger partial charge in [-0.25, -0.2) is 0 Å². The number of amides is 2. The molecule has 0 aromatic heterocycles. The second-order valence-electron chi connectivity index (χ2n) is 8.99. The minimum absolute atomic E-state index is 0.294. The van der Waals surface area contributed by atoms with Gasteiger partial charge in [-0.15, -0.1) is 0 Å². The smallest absolute Gasteiger partial charge is 0.253 e. The van der Waals surface area contributed by atoms with Crippen molar-refractivity contribution >= 4 is 11.8 Å². The van der Waals surface area contributed by atoms with Gasteiger partial charge in [-0.2, -0.15) is 0 Å². The second-order valence-corrected chi connectivity index (χ2v) is 8.99. The van der Waals surface area contributed by atoms with Crippen molar-refractivity contribution < 1.29 is 19.1 Å². The van der Waals surface area contributed by atoms with Gasteiger partial charge in [-0.05, 0) is 48.4 Å². The lowest BCUT2D eigenvalue weighted by Gasteiger charge is -2.22. The molecule has 0 heterocycles. The third-order valence-corrected chi connectivity index (χ3v) is 6.15. The quantitative estimate of drug-likeness (QED) is 0.179. The maximum Gasteiger partial charge on any atom is 0.253 e. The highest BCUT2D eigenvalue weighted by Gasteiger charge is 2.20. The minimum Gasteiger partial charge on any atom is -0.493 e. The molecule has 0 bridgehead atoms. The van der Waals surface area contributed by atoms with E-state index >= 15 is 0 Å². The summed E-state index contributed by atoms with van der Waals surface area (Å²) in [6.07, 6.45) is 7.72. The Kier molecular flexibility index (Phi) is 11.5. The Balaban J connectivity index is 1.70. The first-order valence-corrected chi connectivity index (χ1v) is 13.1. The van der Waals surface area contributed by atoms with Crippen molar-refractivity contribution in [2.45, 2.75) is 58.0 Å². The van der Waals surface area contributed by atoms with E-state index in [0.717, 1.165) is 12.8 Å². The van der Waals surface area contributed by atoms with Gasteiger partial charge >= 0.3 is 0 Å². The van der Waals surface area contributed by atoms with Crippen LogP contribution in [-0.2, 0) is 0 Å². The molecule has 0 atom stereocenters. The molecule has 0 saturated heterocycles. The van der Waals surface area contributed by atoms with Crippen molar-refractivity contribution in [3.63, 3.8) is 0 Å². The zero-order valence-corrected chi connectivity index (χ0v) is 21.9. The molecule has 0 radical (unpaired) electrons. The Hall–Kier alpha value is -3.80. The fraction of sp³-hybridized carbons (Fsp3) is 0.355. The number of hydrogen-bond donors (Lipinski definition) is 2. The first kappa shape index (κ1) is 27.8. The van der Waals surface area contributed by atoms with E-state index in [2.05, 4.69) is 17.6 Å². The number of ether oxygens (including phenoxy) is 2. The van der Waals surface area contributed by atoms with Crippen LogP contribution in [0.2, 0.25) is 0 Å². The van der Waals surface area contributed by atoms with E-state index < -0.39 is 6.17 Å². The first-order chi connectivity index (χ1) is 18.1. The molecule has 0 aliphatic heterocycles. The lowest BCUT2D eigenvalue weighted by Crippen LogP contribution is -2.41. The van der Waals surface area contributed by atoms with E-state index in [0.29, 0.717) is 34.8 Å². The summed E-state index contributed by atoms with van der Waals surface area (Å²) < 4.78 is 11.6. The maximum atomic E-state index is 12.9. The molecule has 3 rings (SSSR count). The Bertz CT molecular complexity index is 1050. The number of carbonyl (C=O) groups is 2. The number of hydrogen-bond acceptors (Lipinski definition) is 4. The van der Waals surface area contributed by atoms with E-state index in [1.165, 1.54) is 32.1 Å². The molecule has 2 N–H and O–H groups in total. The Morgan fingerprint density at radius 2 is 1.24 bits per heavy atom. The number of carbonyl (C=O) groups excluding carboxylic acids is 2. The van der Waals surface area contributed by atoms with Crippen LogP contribution in [0.1, 0.15) is 84.3 Å². The van der Waals surface area contributed by atoms with Gasteiger partial charge in [0.05, 0.1) is 13.7 Å². The van der Waals surface area contributed by atoms with Crippen LogP contribution in [0.25, 0.3) is 0 Å². The summed E-state index contributed by atoms with van der Waals surface area (Å²) in [7, 11) is 1.58. The summed E-state index contributed by atoms with van der Waals surface area (Å²) in [4.78, 5) is 25.9. The lowest BCUT2D eigenvalue weighted by atomic mass is 10.1. The standard InChI is InChI=1S/C31H38N2O4/c1-3-4-5-6-7-8-15-22-37-27-21-20-26(23-28(27)36-2)29(32-30(34)24-16-11-9-12-17-24)33-31(35)25-18-13-10-14-19-25/h9-14,16-21,23,29H,3-8,15,22H2,1-2H3,(H,32,34)(H,33,35). The third kappa shape index (κ3) is 8.98. The number of benzene rings is 3. The van der Waals surface area contributed by atoms with Gasteiger partial charge in [0, 0.05) is 11.1 Å². The monoisotopic (exact) mass is 502 g/mol. The van der Waals surface area contributed by atoms with Crippen molar-refractivity contribution in [3.05, 3.63) is 95.6 Å². The number of nitrogens with one attached hydrogen (secondary N) is 2. The van der Waals surface area contributed by atoms with Crippen LogP contribution in [0, 0.1) is 0 Å². The summed E-state index contributed by atoms with van der Waals surface area (Å²) in [5.41, 5.74) is 1.68. The number of unbranched alkanes of at least 4 members (excludes halogenated alkanes) is 6. The Morgan fingerprint density at radius 3 is 1.78 bits per heavy atom. The predicted molar refractivity (Wildman–Crippen MR) is 147 cm³/mol. The van der Waals surface area contributed by atoms with E-state index in [-0.39, 0.29) is 11.8 Å². The van der Waals surface area contributed by atoms with Gasteiger partial charge in [0.2, 0.25) is 0 Å². The topological polar surface area (TPSA) is 76.7 Å². The highest BCUT2D eigenvalue weighted by atomic mass is 16.5. The van der Waals surface area contributed by atoms with Crippen LogP contribution in [0.4, 0.5) is 0 Å². The zero-order valence-electron chi connectivity index (χ0n) is 21.9. The molecule has 0 spiro atoms. The van der Waals surface area contributed by atoms with Crippen LogP contribution in [0.15, 0.2) is 78.9 Å². The third-order valence-electron chi connectivity index (χ3n) is 6.15. The summed E-state index contributed by atoms with van der Waals surface area (Å²) in [5, 5.41) is 5.87. The average molecular weight is 503 g/mol. The molecule has 3 aromatic carbocycles. The Labute approximate surface area is 220 Å². The van der Waals surface area contributed by atoms with Crippen molar-refractivity contribution in [2.75, 3.05) is 13.7 Å². The molecular formula is C31H38N2O4. The summed E-state index contributed by atoms with van der Waals surface area (Å²) >= 11 is 0. The highest BCUT2D eigenvalue weighted by Crippen LogP contribution is 2.30. The maximum absolute atomic E-state index is 12.9. The molecule has 6 heteroatoms. The SMILES string of the molecule is CCCCCCCCCOc1ccc(C(NC(=O)c2ccccc2)NC(=O)c2ccccc2)cc1OC. The van der Waals surface area contributed by atoms with Crippen LogP contribution in [0.5, 0.6) is 11.5 Å². The van der Waals surface area contributed by atoms with Gasteiger partial charge in [0.15, 0.2) is 11.5 Å². The van der Waals surface area contributed by atoms with Gasteiger partial charge in [0.25, 0.3) is 11.8 Å². The minimum atomic E-state index is -0.772. The zero-order chi connectivity index (χ0) is 26.3. The van der Waals surface area contributed by atoms with Crippen LogP contribution in [-0.4, -0.2) is 25.5 Å². The summed E-state index contributed by atoms with van der Waals surface area (Å²) in [6, 6.07) is 23.3. The van der Waals surface area contributed by atoms with Gasteiger partial charge in [0.1, 0.15) is 6.17 Å². The van der Waals surface area contributed by atoms with E-state index in [1.807, 2.05) is 24.3 Å². The van der Waals surface area contributed by atoms with Gasteiger partial charge in [-0.1, -0.05) is 87.9 Å². The normalized spacial score (nSPS) is 10.7. The summed E-state index contributed by atoms with van der Waals surface area (Å²) in [6.45, 7) is 2.84. The largest absolute Gasteiger partial charge is 0.493 e. The Morgan fingerprint density at radius 1 is 0.703 bits per heavy atom. The van der Waals surface area contributed by atoms with Crippen molar-refractivity contribution in [1.29, 1.82) is 0 Å². The van der Waals surface area contributed by atoms with Gasteiger partial charge in [-0.3, -0.25) is 9.59 Å². The molecule has 196 valence electrons. The highest BCUT2D eigenvalue weighted by molar-refractivity contribution is 5.96. The molecule has 2 amide bonds. The molecule has 0 aliphatic carbocycles. The van der Waals surface area contributed by atoms with E-state index in [1.54, 1.807) is 61.7 Å². The average Bonchev–Trinajstić information content (AvgIpc) is 2.95. The van der Waals surface area contributed by atoms with Crippen molar-refractivity contribution in [2.24, 2.45) is 0 Å². The lowest BCUT2D eigenvalue weighted by molar-refractivity contribution is 0.0883. The van der Waals surface area contributed by atoms with E-state index in [4.69, 9.17) is 9.47 Å². The molecule has 0 aliphatic rings. The predicted octanol–water partition coefficient (Wildman–Crippen LogP) is 6.68. The van der Waals surface area contributed by atoms with E-state index in [9.17, 15) is 9.59 Å². The fourth-order valence-corrected chi connectivity index (χ4v) is 4.03. The first-order valence-electron chi connectivity index (χ1n) is 13.1. The molecule has 0 unspecified atom stereocenters. The molecular weight excluding hydrogens is 464 g/mol. The van der Waals surface area contributed by atoms with Crippen LogP contribution in [0.3, 0.4) is 0 Å². The van der Waals surface area contributed by atoms with Crippen LogP contribution >= 0.6 is 0 Å². The second kappa shape index (κ2) is 15.3. The molecule has 6 nitrogen and oxygen atoms in total. The van der Waals surface area contributed by atoms with Gasteiger partial charge < -0.3 is 20.1 Å². The van der Waals surface area contributed by atoms with Crippen LogP contribution < -0.4 is 20.1 Å².